The third-order valence-corrected chi connectivity index (χ3v) is 3.05. The van der Waals surface area contributed by atoms with Crippen molar-refractivity contribution in [2.45, 2.75) is 13.8 Å². The van der Waals surface area contributed by atoms with E-state index in [1.54, 1.807) is 26.0 Å². The average Bonchev–Trinajstić information content (AvgIpc) is 2.64. The maximum atomic E-state index is 11.2. The van der Waals surface area contributed by atoms with Gasteiger partial charge < -0.3 is 5.11 Å². The molecule has 0 fully saturated rings. The SMILES string of the molecule is Cc1nn(-c2ccc(Cl)cc2C#N)c(C)c1C(=O)O. The molecule has 0 aliphatic rings. The third kappa shape index (κ3) is 2.18. The minimum Gasteiger partial charge on any atom is -0.478 e. The van der Waals surface area contributed by atoms with E-state index in [0.29, 0.717) is 27.7 Å². The molecular formula is C13H10ClN3O2. The van der Waals surface area contributed by atoms with Gasteiger partial charge in [-0.25, -0.2) is 9.48 Å². The number of benzene rings is 1. The van der Waals surface area contributed by atoms with Gasteiger partial charge in [0, 0.05) is 5.02 Å². The Labute approximate surface area is 114 Å². The molecule has 0 radical (unpaired) electrons. The molecule has 2 aromatic rings. The minimum absolute atomic E-state index is 0.152. The van der Waals surface area contributed by atoms with Crippen LogP contribution in [0.3, 0.4) is 0 Å². The van der Waals surface area contributed by atoms with Crippen LogP contribution >= 0.6 is 11.6 Å². The molecule has 2 rings (SSSR count). The number of hydrogen-bond donors (Lipinski definition) is 1. The number of aromatic nitrogens is 2. The maximum Gasteiger partial charge on any atom is 0.339 e. The lowest BCUT2D eigenvalue weighted by Crippen LogP contribution is -2.04. The Morgan fingerprint density at radius 1 is 1.47 bits per heavy atom. The number of carbonyl (C=O) groups is 1. The maximum absolute atomic E-state index is 11.2. The first-order valence-electron chi connectivity index (χ1n) is 5.45. The second-order valence-corrected chi connectivity index (χ2v) is 4.47. The molecular weight excluding hydrogens is 266 g/mol. The lowest BCUT2D eigenvalue weighted by Gasteiger charge is -2.07. The Morgan fingerprint density at radius 2 is 2.16 bits per heavy atom. The fraction of sp³-hybridized carbons (Fsp3) is 0.154. The van der Waals surface area contributed by atoms with Crippen LogP contribution in [0.15, 0.2) is 18.2 Å². The highest BCUT2D eigenvalue weighted by Crippen LogP contribution is 2.23. The van der Waals surface area contributed by atoms with Crippen LogP contribution in [0.25, 0.3) is 5.69 Å². The van der Waals surface area contributed by atoms with Crippen LogP contribution < -0.4 is 0 Å². The monoisotopic (exact) mass is 275 g/mol. The third-order valence-electron chi connectivity index (χ3n) is 2.81. The zero-order valence-corrected chi connectivity index (χ0v) is 11.1. The van der Waals surface area contributed by atoms with Gasteiger partial charge in [-0.3, -0.25) is 0 Å². The van der Waals surface area contributed by atoms with Crippen molar-refractivity contribution in [3.8, 4) is 11.8 Å². The minimum atomic E-state index is -1.03. The second-order valence-electron chi connectivity index (χ2n) is 4.04. The molecule has 1 N–H and O–H groups in total. The molecule has 0 atom stereocenters. The van der Waals surface area contributed by atoms with E-state index >= 15 is 0 Å². The number of nitriles is 1. The summed E-state index contributed by atoms with van der Waals surface area (Å²) in [6, 6.07) is 6.83. The molecule has 0 saturated heterocycles. The van der Waals surface area contributed by atoms with Gasteiger partial charge in [-0.1, -0.05) is 11.6 Å². The van der Waals surface area contributed by atoms with Gasteiger partial charge in [0.15, 0.2) is 0 Å². The summed E-state index contributed by atoms with van der Waals surface area (Å²) in [6.07, 6.45) is 0. The molecule has 0 spiro atoms. The van der Waals surface area contributed by atoms with E-state index in [9.17, 15) is 4.79 Å². The lowest BCUT2D eigenvalue weighted by atomic mass is 10.1. The van der Waals surface area contributed by atoms with Crippen LogP contribution in [0.5, 0.6) is 0 Å². The first kappa shape index (κ1) is 13.1. The highest BCUT2D eigenvalue weighted by Gasteiger charge is 2.19. The Bertz CT molecular complexity index is 713. The van der Waals surface area contributed by atoms with Gasteiger partial charge in [-0.15, -0.1) is 0 Å². The van der Waals surface area contributed by atoms with E-state index in [4.69, 9.17) is 22.0 Å². The van der Waals surface area contributed by atoms with E-state index in [1.807, 2.05) is 6.07 Å². The highest BCUT2D eigenvalue weighted by molar-refractivity contribution is 6.30. The van der Waals surface area contributed by atoms with Crippen LogP contribution in [-0.2, 0) is 0 Å². The number of aryl methyl sites for hydroxylation is 1. The van der Waals surface area contributed by atoms with Gasteiger partial charge in [0.2, 0.25) is 0 Å². The number of hydrogen-bond acceptors (Lipinski definition) is 3. The molecule has 19 heavy (non-hydrogen) atoms. The Hall–Kier alpha value is -2.32. The van der Waals surface area contributed by atoms with Crippen molar-refractivity contribution in [3.05, 3.63) is 45.7 Å². The zero-order chi connectivity index (χ0) is 14.2. The zero-order valence-electron chi connectivity index (χ0n) is 10.3. The number of aromatic carboxylic acids is 1. The number of carboxylic acid groups (broad SMARTS) is 1. The van der Waals surface area contributed by atoms with Crippen LogP contribution in [0.1, 0.15) is 27.3 Å². The van der Waals surface area contributed by atoms with Gasteiger partial charge in [-0.05, 0) is 32.0 Å². The summed E-state index contributed by atoms with van der Waals surface area (Å²) in [7, 11) is 0. The molecule has 5 nitrogen and oxygen atoms in total. The number of halogens is 1. The largest absolute Gasteiger partial charge is 0.478 e. The molecule has 0 aliphatic carbocycles. The van der Waals surface area contributed by atoms with E-state index in [1.165, 1.54) is 10.7 Å². The normalized spacial score (nSPS) is 10.2. The molecule has 0 unspecified atom stereocenters. The standard InChI is InChI=1S/C13H10ClN3O2/c1-7-12(13(18)19)8(2)17(16-7)11-4-3-10(14)5-9(11)6-15/h3-5H,1-2H3,(H,18,19). The van der Waals surface area contributed by atoms with Gasteiger partial charge in [0.05, 0.1) is 22.6 Å². The molecule has 1 aromatic heterocycles. The topological polar surface area (TPSA) is 78.9 Å². The first-order valence-corrected chi connectivity index (χ1v) is 5.83. The summed E-state index contributed by atoms with van der Waals surface area (Å²) < 4.78 is 1.45. The van der Waals surface area contributed by atoms with Crippen molar-refractivity contribution < 1.29 is 9.90 Å². The molecule has 1 heterocycles. The van der Waals surface area contributed by atoms with E-state index < -0.39 is 5.97 Å². The number of carboxylic acids is 1. The van der Waals surface area contributed by atoms with Crippen LogP contribution in [0.2, 0.25) is 5.02 Å². The average molecular weight is 276 g/mol. The molecule has 0 saturated carbocycles. The molecule has 0 aliphatic heterocycles. The van der Waals surface area contributed by atoms with Crippen LogP contribution in [0.4, 0.5) is 0 Å². The summed E-state index contributed by atoms with van der Waals surface area (Å²) in [4.78, 5) is 11.2. The van der Waals surface area contributed by atoms with Crippen molar-refractivity contribution in [1.82, 2.24) is 9.78 Å². The molecule has 6 heteroatoms. The summed E-state index contributed by atoms with van der Waals surface area (Å²) in [5, 5.41) is 22.9. The Morgan fingerprint density at radius 3 is 2.68 bits per heavy atom. The van der Waals surface area contributed by atoms with Crippen molar-refractivity contribution in [2.75, 3.05) is 0 Å². The fourth-order valence-corrected chi connectivity index (χ4v) is 2.14. The quantitative estimate of drug-likeness (QED) is 0.914. The molecule has 0 amide bonds. The summed E-state index contributed by atoms with van der Waals surface area (Å²) in [6.45, 7) is 3.27. The Balaban J connectivity index is 2.71. The summed E-state index contributed by atoms with van der Waals surface area (Å²) >= 11 is 5.83. The van der Waals surface area contributed by atoms with E-state index in [2.05, 4.69) is 5.10 Å². The second kappa shape index (κ2) is 4.75. The van der Waals surface area contributed by atoms with Crippen LogP contribution in [0, 0.1) is 25.2 Å². The first-order chi connectivity index (χ1) is 8.95. The molecule has 0 bridgehead atoms. The highest BCUT2D eigenvalue weighted by atomic mass is 35.5. The predicted molar refractivity (Wildman–Crippen MR) is 69.7 cm³/mol. The van der Waals surface area contributed by atoms with Crippen LogP contribution in [-0.4, -0.2) is 20.9 Å². The van der Waals surface area contributed by atoms with E-state index in [0.717, 1.165) is 0 Å². The van der Waals surface area contributed by atoms with Gasteiger partial charge in [0.1, 0.15) is 11.6 Å². The Kier molecular flexibility index (Phi) is 3.28. The molecule has 1 aromatic carbocycles. The lowest BCUT2D eigenvalue weighted by molar-refractivity contribution is 0.0695. The summed E-state index contributed by atoms with van der Waals surface area (Å²) in [5.74, 6) is -1.03. The predicted octanol–water partition coefficient (Wildman–Crippen LogP) is 2.71. The van der Waals surface area contributed by atoms with Gasteiger partial charge in [-0.2, -0.15) is 10.4 Å². The summed E-state index contributed by atoms with van der Waals surface area (Å²) in [5.41, 5.74) is 1.89. The van der Waals surface area contributed by atoms with Crippen molar-refractivity contribution in [1.29, 1.82) is 5.26 Å². The van der Waals surface area contributed by atoms with Crippen molar-refractivity contribution in [2.24, 2.45) is 0 Å². The number of rotatable bonds is 2. The van der Waals surface area contributed by atoms with Crippen molar-refractivity contribution >= 4 is 17.6 Å². The molecule has 96 valence electrons. The van der Waals surface area contributed by atoms with E-state index in [-0.39, 0.29) is 5.56 Å². The van der Waals surface area contributed by atoms with Gasteiger partial charge >= 0.3 is 5.97 Å². The fourth-order valence-electron chi connectivity index (χ4n) is 1.97. The smallest absolute Gasteiger partial charge is 0.339 e. The van der Waals surface area contributed by atoms with Crippen molar-refractivity contribution in [3.63, 3.8) is 0 Å². The number of nitrogens with zero attached hydrogens (tertiary/aromatic N) is 3. The van der Waals surface area contributed by atoms with Gasteiger partial charge in [0.25, 0.3) is 0 Å².